The van der Waals surface area contributed by atoms with E-state index in [4.69, 9.17) is 4.74 Å². The van der Waals surface area contributed by atoms with Crippen LogP contribution in [-0.4, -0.2) is 42.9 Å². The van der Waals surface area contributed by atoms with Gasteiger partial charge < -0.3 is 4.74 Å². The highest BCUT2D eigenvalue weighted by atomic mass is 16.5. The summed E-state index contributed by atoms with van der Waals surface area (Å²) in [5, 5.41) is 3.49. The summed E-state index contributed by atoms with van der Waals surface area (Å²) in [4.78, 5) is 2.66. The molecule has 3 heterocycles. The van der Waals surface area contributed by atoms with Crippen LogP contribution in [0, 0.1) is 0 Å². The van der Waals surface area contributed by atoms with Crippen LogP contribution in [0.2, 0.25) is 0 Å². The van der Waals surface area contributed by atoms with E-state index in [0.717, 1.165) is 19.2 Å². The molecule has 0 saturated carbocycles. The van der Waals surface area contributed by atoms with Crippen molar-refractivity contribution in [2.45, 2.75) is 37.6 Å². The minimum absolute atomic E-state index is 0.347. The van der Waals surface area contributed by atoms with E-state index < -0.39 is 0 Å². The Hall–Kier alpha value is -0.120. The standard InChI is InChI=1S/C9H16N2O/c1-2-7-6-10-9-8(3-5-12-9)11(7)4-1/h7-10H,1-6H2. The van der Waals surface area contributed by atoms with Crippen LogP contribution in [0.4, 0.5) is 0 Å². The van der Waals surface area contributed by atoms with Crippen LogP contribution >= 0.6 is 0 Å². The van der Waals surface area contributed by atoms with Crippen molar-refractivity contribution in [2.75, 3.05) is 19.7 Å². The Morgan fingerprint density at radius 1 is 1.33 bits per heavy atom. The highest BCUT2D eigenvalue weighted by Crippen LogP contribution is 2.29. The van der Waals surface area contributed by atoms with Crippen LogP contribution in [0.5, 0.6) is 0 Å². The van der Waals surface area contributed by atoms with E-state index in [1.54, 1.807) is 0 Å². The molecule has 3 aliphatic rings. The number of ether oxygens (including phenoxy) is 1. The maximum absolute atomic E-state index is 5.61. The van der Waals surface area contributed by atoms with Crippen LogP contribution in [0.15, 0.2) is 0 Å². The summed E-state index contributed by atoms with van der Waals surface area (Å²) in [6.07, 6.45) is 4.35. The molecule has 0 aromatic rings. The molecule has 0 amide bonds. The van der Waals surface area contributed by atoms with E-state index in [0.29, 0.717) is 12.3 Å². The number of piperazine rings is 1. The van der Waals surface area contributed by atoms with Crippen molar-refractivity contribution in [1.82, 2.24) is 10.2 Å². The molecule has 3 atom stereocenters. The number of rotatable bonds is 0. The molecule has 3 heteroatoms. The summed E-state index contributed by atoms with van der Waals surface area (Å²) in [7, 11) is 0. The van der Waals surface area contributed by atoms with Crippen LogP contribution in [0.3, 0.4) is 0 Å². The van der Waals surface area contributed by atoms with Crippen molar-refractivity contribution in [1.29, 1.82) is 0 Å². The molecule has 3 saturated heterocycles. The molecule has 68 valence electrons. The van der Waals surface area contributed by atoms with Gasteiger partial charge in [0.2, 0.25) is 0 Å². The van der Waals surface area contributed by atoms with Crippen molar-refractivity contribution in [3.8, 4) is 0 Å². The zero-order chi connectivity index (χ0) is 7.97. The van der Waals surface area contributed by atoms with Gasteiger partial charge in [0.05, 0.1) is 12.6 Å². The smallest absolute Gasteiger partial charge is 0.123 e. The van der Waals surface area contributed by atoms with Gasteiger partial charge in [0.25, 0.3) is 0 Å². The Morgan fingerprint density at radius 2 is 2.33 bits per heavy atom. The van der Waals surface area contributed by atoms with Crippen LogP contribution < -0.4 is 5.32 Å². The van der Waals surface area contributed by atoms with Crippen molar-refractivity contribution in [3.05, 3.63) is 0 Å². The van der Waals surface area contributed by atoms with E-state index in [2.05, 4.69) is 10.2 Å². The predicted molar refractivity (Wildman–Crippen MR) is 45.9 cm³/mol. The average molecular weight is 168 g/mol. The Morgan fingerprint density at radius 3 is 3.33 bits per heavy atom. The predicted octanol–water partition coefficient (Wildman–Crippen LogP) is 0.169. The van der Waals surface area contributed by atoms with Crippen molar-refractivity contribution in [3.63, 3.8) is 0 Å². The van der Waals surface area contributed by atoms with Gasteiger partial charge in [0.15, 0.2) is 0 Å². The second-order valence-electron chi connectivity index (χ2n) is 4.09. The maximum atomic E-state index is 5.61. The monoisotopic (exact) mass is 168 g/mol. The van der Waals surface area contributed by atoms with Gasteiger partial charge in [-0.05, 0) is 25.8 Å². The summed E-state index contributed by atoms with van der Waals surface area (Å²) in [5.74, 6) is 0. The Kier molecular flexibility index (Phi) is 1.63. The molecule has 3 rings (SSSR count). The molecule has 3 nitrogen and oxygen atoms in total. The molecule has 3 fully saturated rings. The van der Waals surface area contributed by atoms with Gasteiger partial charge in [-0.3, -0.25) is 10.2 Å². The lowest BCUT2D eigenvalue weighted by molar-refractivity contribution is 0.000788. The fourth-order valence-corrected chi connectivity index (χ4v) is 2.88. The highest BCUT2D eigenvalue weighted by Gasteiger charge is 2.42. The van der Waals surface area contributed by atoms with Crippen molar-refractivity contribution < 1.29 is 4.74 Å². The van der Waals surface area contributed by atoms with Crippen molar-refractivity contribution in [2.24, 2.45) is 0 Å². The maximum Gasteiger partial charge on any atom is 0.123 e. The largest absolute Gasteiger partial charge is 0.362 e. The molecule has 1 N–H and O–H groups in total. The first kappa shape index (κ1) is 7.30. The summed E-state index contributed by atoms with van der Waals surface area (Å²) in [6, 6.07) is 1.50. The fraction of sp³-hybridized carbons (Fsp3) is 1.00. The number of hydrogen-bond acceptors (Lipinski definition) is 3. The Balaban J connectivity index is 1.81. The van der Waals surface area contributed by atoms with Gasteiger partial charge in [-0.15, -0.1) is 0 Å². The van der Waals surface area contributed by atoms with Crippen LogP contribution in [0.1, 0.15) is 19.3 Å². The minimum Gasteiger partial charge on any atom is -0.362 e. The summed E-state index contributed by atoms with van der Waals surface area (Å²) < 4.78 is 5.61. The highest BCUT2D eigenvalue weighted by molar-refractivity contribution is 4.96. The summed E-state index contributed by atoms with van der Waals surface area (Å²) in [5.41, 5.74) is 0. The molecule has 0 aliphatic carbocycles. The number of hydrogen-bond donors (Lipinski definition) is 1. The van der Waals surface area contributed by atoms with Crippen LogP contribution in [0.25, 0.3) is 0 Å². The molecule has 12 heavy (non-hydrogen) atoms. The molecule has 0 bridgehead atoms. The first-order chi connectivity index (χ1) is 5.95. The van der Waals surface area contributed by atoms with E-state index in [-0.39, 0.29) is 0 Å². The van der Waals surface area contributed by atoms with Gasteiger partial charge in [0.1, 0.15) is 6.23 Å². The van der Waals surface area contributed by atoms with Gasteiger partial charge in [-0.25, -0.2) is 0 Å². The van der Waals surface area contributed by atoms with Gasteiger partial charge >= 0.3 is 0 Å². The lowest BCUT2D eigenvalue weighted by Crippen LogP contribution is -2.58. The van der Waals surface area contributed by atoms with Gasteiger partial charge in [0, 0.05) is 12.6 Å². The quantitative estimate of drug-likeness (QED) is 0.558. The molecule has 0 aromatic carbocycles. The van der Waals surface area contributed by atoms with Gasteiger partial charge in [-0.2, -0.15) is 0 Å². The third-order valence-electron chi connectivity index (χ3n) is 3.46. The lowest BCUT2D eigenvalue weighted by atomic mass is 10.1. The molecule has 0 spiro atoms. The number of nitrogens with zero attached hydrogens (tertiary/aromatic N) is 1. The topological polar surface area (TPSA) is 24.5 Å². The van der Waals surface area contributed by atoms with E-state index in [9.17, 15) is 0 Å². The zero-order valence-corrected chi connectivity index (χ0v) is 7.33. The first-order valence-corrected chi connectivity index (χ1v) is 5.06. The van der Waals surface area contributed by atoms with Crippen LogP contribution in [-0.2, 0) is 4.74 Å². The summed E-state index contributed by atoms with van der Waals surface area (Å²) >= 11 is 0. The van der Waals surface area contributed by atoms with Gasteiger partial charge in [-0.1, -0.05) is 0 Å². The van der Waals surface area contributed by atoms with E-state index >= 15 is 0 Å². The second kappa shape index (κ2) is 2.69. The molecule has 3 aliphatic heterocycles. The molecule has 3 unspecified atom stereocenters. The second-order valence-corrected chi connectivity index (χ2v) is 4.09. The molecular formula is C9H16N2O. The summed E-state index contributed by atoms with van der Waals surface area (Å²) in [6.45, 7) is 3.39. The lowest BCUT2D eigenvalue weighted by Gasteiger charge is -2.39. The first-order valence-electron chi connectivity index (χ1n) is 5.06. The fourth-order valence-electron chi connectivity index (χ4n) is 2.88. The minimum atomic E-state index is 0.347. The molecule has 0 aromatic heterocycles. The SMILES string of the molecule is C1CC2CNC3OCCC3N2C1. The third kappa shape index (κ3) is 0.934. The average Bonchev–Trinajstić information content (AvgIpc) is 2.71. The molecular weight excluding hydrogens is 152 g/mol. The Labute approximate surface area is 73.1 Å². The zero-order valence-electron chi connectivity index (χ0n) is 7.33. The third-order valence-corrected chi connectivity index (χ3v) is 3.46. The van der Waals surface area contributed by atoms with Crippen molar-refractivity contribution >= 4 is 0 Å². The Bertz CT molecular complexity index is 165. The van der Waals surface area contributed by atoms with E-state index in [1.807, 2.05) is 0 Å². The number of fused-ring (bicyclic) bond motifs is 3. The molecule has 0 radical (unpaired) electrons. The van der Waals surface area contributed by atoms with E-state index in [1.165, 1.54) is 25.8 Å². The normalized spacial score (nSPS) is 47.5. The number of nitrogens with one attached hydrogen (secondary N) is 1.